The third kappa shape index (κ3) is 3.90. The van der Waals surface area contributed by atoms with E-state index in [1.54, 1.807) is 18.5 Å². The molecule has 128 valence electrons. The molecule has 0 atom stereocenters. The Morgan fingerprint density at radius 3 is 2.62 bits per heavy atom. The van der Waals surface area contributed by atoms with Crippen LogP contribution in [0.15, 0.2) is 47.6 Å². The lowest BCUT2D eigenvalue weighted by Crippen LogP contribution is -2.25. The fourth-order valence-corrected chi connectivity index (χ4v) is 3.08. The molecular weight excluding hydrogens is 330 g/mol. The van der Waals surface area contributed by atoms with Crippen LogP contribution in [0.2, 0.25) is 0 Å². The number of pyridine rings is 1. The van der Waals surface area contributed by atoms with Crippen molar-refractivity contribution >= 4 is 15.9 Å². The van der Waals surface area contributed by atoms with Crippen molar-refractivity contribution in [3.63, 3.8) is 0 Å². The summed E-state index contributed by atoms with van der Waals surface area (Å²) in [5, 5.41) is 2.73. The van der Waals surface area contributed by atoms with E-state index in [0.29, 0.717) is 6.54 Å². The number of rotatable bonds is 6. The Morgan fingerprint density at radius 2 is 2.04 bits per heavy atom. The SMILES string of the molecule is COc1ccc(C(=O)NCc2cccnc2)cc1S(=O)(=O)N(C)C. The van der Waals surface area contributed by atoms with Crippen molar-refractivity contribution in [3.8, 4) is 5.75 Å². The van der Waals surface area contributed by atoms with Crippen LogP contribution in [0.1, 0.15) is 15.9 Å². The lowest BCUT2D eigenvalue weighted by atomic mass is 10.2. The molecular formula is C16H19N3O4S. The number of carbonyl (C=O) groups excluding carboxylic acids is 1. The molecule has 24 heavy (non-hydrogen) atoms. The fourth-order valence-electron chi connectivity index (χ4n) is 2.00. The van der Waals surface area contributed by atoms with Crippen LogP contribution in [0, 0.1) is 0 Å². The van der Waals surface area contributed by atoms with Gasteiger partial charge in [-0.25, -0.2) is 12.7 Å². The van der Waals surface area contributed by atoms with Gasteiger partial charge in [-0.1, -0.05) is 6.07 Å². The molecule has 0 radical (unpaired) electrons. The smallest absolute Gasteiger partial charge is 0.251 e. The summed E-state index contributed by atoms with van der Waals surface area (Å²) in [7, 11) is 0.498. The largest absolute Gasteiger partial charge is 0.495 e. The molecule has 0 fully saturated rings. The highest BCUT2D eigenvalue weighted by atomic mass is 32.2. The van der Waals surface area contributed by atoms with Crippen molar-refractivity contribution in [3.05, 3.63) is 53.9 Å². The third-order valence-electron chi connectivity index (χ3n) is 3.36. The summed E-state index contributed by atoms with van der Waals surface area (Å²) < 4.78 is 30.9. The minimum atomic E-state index is -3.72. The van der Waals surface area contributed by atoms with Crippen LogP contribution in [0.3, 0.4) is 0 Å². The van der Waals surface area contributed by atoms with Gasteiger partial charge in [0.05, 0.1) is 7.11 Å². The third-order valence-corrected chi connectivity index (χ3v) is 5.20. The van der Waals surface area contributed by atoms with Gasteiger partial charge in [-0.05, 0) is 29.8 Å². The highest BCUT2D eigenvalue weighted by Gasteiger charge is 2.23. The van der Waals surface area contributed by atoms with Gasteiger partial charge in [-0.2, -0.15) is 0 Å². The van der Waals surface area contributed by atoms with Gasteiger partial charge in [0.2, 0.25) is 10.0 Å². The summed E-state index contributed by atoms with van der Waals surface area (Å²) in [4.78, 5) is 16.2. The number of hydrogen-bond acceptors (Lipinski definition) is 5. The van der Waals surface area contributed by atoms with E-state index in [1.807, 2.05) is 6.07 Å². The molecule has 0 bridgehead atoms. The maximum Gasteiger partial charge on any atom is 0.251 e. The Bertz CT molecular complexity index is 820. The molecule has 2 rings (SSSR count). The molecule has 0 unspecified atom stereocenters. The molecule has 1 amide bonds. The number of carbonyl (C=O) groups is 1. The summed E-state index contributed by atoms with van der Waals surface area (Å²) in [6.07, 6.45) is 3.30. The first-order chi connectivity index (χ1) is 11.4. The van der Waals surface area contributed by atoms with Gasteiger partial charge in [-0.3, -0.25) is 9.78 Å². The summed E-state index contributed by atoms with van der Waals surface area (Å²) in [6.45, 7) is 0.300. The van der Waals surface area contributed by atoms with Gasteiger partial charge in [-0.15, -0.1) is 0 Å². The molecule has 0 spiro atoms. The second kappa shape index (κ2) is 7.41. The first-order valence-electron chi connectivity index (χ1n) is 7.14. The second-order valence-electron chi connectivity index (χ2n) is 5.20. The Hall–Kier alpha value is -2.45. The highest BCUT2D eigenvalue weighted by Crippen LogP contribution is 2.26. The zero-order chi connectivity index (χ0) is 17.7. The number of ether oxygens (including phenoxy) is 1. The van der Waals surface area contributed by atoms with Gasteiger partial charge < -0.3 is 10.1 Å². The topological polar surface area (TPSA) is 88.6 Å². The molecule has 0 aliphatic rings. The van der Waals surface area contributed by atoms with Crippen LogP contribution in [0.25, 0.3) is 0 Å². The average molecular weight is 349 g/mol. The number of nitrogens with zero attached hydrogens (tertiary/aromatic N) is 2. The second-order valence-corrected chi connectivity index (χ2v) is 7.32. The van der Waals surface area contributed by atoms with Crippen molar-refractivity contribution in [2.45, 2.75) is 11.4 Å². The summed E-state index contributed by atoms with van der Waals surface area (Å²) >= 11 is 0. The van der Waals surface area contributed by atoms with Crippen molar-refractivity contribution in [2.24, 2.45) is 0 Å². The molecule has 0 saturated heterocycles. The maximum absolute atomic E-state index is 12.4. The van der Waals surface area contributed by atoms with Crippen molar-refractivity contribution in [1.29, 1.82) is 0 Å². The van der Waals surface area contributed by atoms with Crippen LogP contribution in [-0.4, -0.2) is 44.8 Å². The lowest BCUT2D eigenvalue weighted by molar-refractivity contribution is 0.0950. The summed E-state index contributed by atoms with van der Waals surface area (Å²) in [6, 6.07) is 7.91. The quantitative estimate of drug-likeness (QED) is 0.848. The van der Waals surface area contributed by atoms with E-state index in [0.717, 1.165) is 9.87 Å². The zero-order valence-corrected chi connectivity index (χ0v) is 14.5. The van der Waals surface area contributed by atoms with Crippen LogP contribution < -0.4 is 10.1 Å². The predicted octanol–water partition coefficient (Wildman–Crippen LogP) is 1.27. The Kier molecular flexibility index (Phi) is 5.53. The maximum atomic E-state index is 12.4. The molecule has 7 nitrogen and oxygen atoms in total. The van der Waals surface area contributed by atoms with E-state index in [-0.39, 0.29) is 22.1 Å². The van der Waals surface area contributed by atoms with E-state index in [2.05, 4.69) is 10.3 Å². The van der Waals surface area contributed by atoms with Crippen LogP contribution >= 0.6 is 0 Å². The lowest BCUT2D eigenvalue weighted by Gasteiger charge is -2.15. The molecule has 1 aromatic carbocycles. The normalized spacial score (nSPS) is 11.3. The Morgan fingerprint density at radius 1 is 1.29 bits per heavy atom. The van der Waals surface area contributed by atoms with E-state index >= 15 is 0 Å². The van der Waals surface area contributed by atoms with Gasteiger partial charge in [0, 0.05) is 38.6 Å². The molecule has 1 N–H and O–H groups in total. The van der Waals surface area contributed by atoms with E-state index < -0.39 is 10.0 Å². The minimum absolute atomic E-state index is 0.0518. The molecule has 0 aliphatic heterocycles. The number of hydrogen-bond donors (Lipinski definition) is 1. The fraction of sp³-hybridized carbons (Fsp3) is 0.250. The van der Waals surface area contributed by atoms with Gasteiger partial charge in [0.1, 0.15) is 10.6 Å². The molecule has 0 saturated carbocycles. The van der Waals surface area contributed by atoms with Crippen LogP contribution in [0.4, 0.5) is 0 Å². The molecule has 0 aliphatic carbocycles. The van der Waals surface area contributed by atoms with Crippen molar-refractivity contribution in [1.82, 2.24) is 14.6 Å². The number of sulfonamides is 1. The zero-order valence-electron chi connectivity index (χ0n) is 13.7. The number of amides is 1. The van der Waals surface area contributed by atoms with Gasteiger partial charge in [0.25, 0.3) is 5.91 Å². The van der Waals surface area contributed by atoms with Gasteiger partial charge in [0.15, 0.2) is 0 Å². The first kappa shape index (κ1) is 17.9. The number of aromatic nitrogens is 1. The summed E-state index contributed by atoms with van der Waals surface area (Å²) in [5.74, 6) is -0.191. The highest BCUT2D eigenvalue weighted by molar-refractivity contribution is 7.89. The molecule has 1 heterocycles. The Labute approximate surface area is 141 Å². The first-order valence-corrected chi connectivity index (χ1v) is 8.58. The predicted molar refractivity (Wildman–Crippen MR) is 89.3 cm³/mol. The summed E-state index contributed by atoms with van der Waals surface area (Å²) in [5.41, 5.74) is 1.08. The van der Waals surface area contributed by atoms with E-state index in [9.17, 15) is 13.2 Å². The van der Waals surface area contributed by atoms with Crippen LogP contribution in [-0.2, 0) is 16.6 Å². The number of benzene rings is 1. The van der Waals surface area contributed by atoms with Gasteiger partial charge >= 0.3 is 0 Å². The van der Waals surface area contributed by atoms with E-state index in [4.69, 9.17) is 4.74 Å². The van der Waals surface area contributed by atoms with E-state index in [1.165, 1.54) is 39.4 Å². The molecule has 8 heteroatoms. The van der Waals surface area contributed by atoms with Crippen molar-refractivity contribution in [2.75, 3.05) is 21.2 Å². The number of nitrogens with one attached hydrogen (secondary N) is 1. The average Bonchev–Trinajstić information content (AvgIpc) is 2.59. The monoisotopic (exact) mass is 349 g/mol. The molecule has 1 aromatic heterocycles. The standard InChI is InChI=1S/C16H19N3O4S/c1-19(2)24(21,22)15-9-13(6-7-14(15)23-3)16(20)18-11-12-5-4-8-17-10-12/h4-10H,11H2,1-3H3,(H,18,20). The number of methoxy groups -OCH3 is 1. The van der Waals surface area contributed by atoms with Crippen LogP contribution in [0.5, 0.6) is 5.75 Å². The molecule has 2 aromatic rings. The minimum Gasteiger partial charge on any atom is -0.495 e. The Balaban J connectivity index is 2.26. The van der Waals surface area contributed by atoms with Crippen molar-refractivity contribution < 1.29 is 17.9 Å².